The van der Waals surface area contributed by atoms with E-state index in [1.165, 1.54) is 30.6 Å². The minimum atomic E-state index is -0.418. The topological polar surface area (TPSA) is 46.5 Å². The first-order chi connectivity index (χ1) is 8.72. The molecule has 1 aromatic rings. The number of ether oxygens (including phenoxy) is 1. The van der Waals surface area contributed by atoms with Gasteiger partial charge in [0.15, 0.2) is 0 Å². The minimum absolute atomic E-state index is 0.287. The molecule has 1 N–H and O–H groups in total. The summed E-state index contributed by atoms with van der Waals surface area (Å²) in [7, 11) is 0. The Bertz CT molecular complexity index is 393. The molecule has 0 aliphatic heterocycles. The van der Waals surface area contributed by atoms with Crippen LogP contribution in [0.1, 0.15) is 59.7 Å². The highest BCUT2D eigenvalue weighted by Gasteiger charge is 2.25. The fraction of sp³-hybridized carbons (Fsp3) is 0.643. The number of carbonyl (C=O) groups is 1. The van der Waals surface area contributed by atoms with E-state index in [0.717, 1.165) is 17.7 Å². The van der Waals surface area contributed by atoms with Crippen LogP contribution in [0, 0.1) is 5.92 Å². The summed E-state index contributed by atoms with van der Waals surface area (Å²) in [6.07, 6.45) is 5.46. The van der Waals surface area contributed by atoms with E-state index in [0.29, 0.717) is 17.4 Å². The molecule has 0 saturated heterocycles. The van der Waals surface area contributed by atoms with Crippen molar-refractivity contribution in [1.29, 1.82) is 0 Å². The van der Waals surface area contributed by atoms with Crippen LogP contribution in [-0.4, -0.2) is 17.7 Å². The molecular weight excluding hydrogens is 248 g/mol. The van der Waals surface area contributed by atoms with Gasteiger partial charge in [-0.2, -0.15) is 0 Å². The van der Waals surface area contributed by atoms with Gasteiger partial charge in [0, 0.05) is 4.88 Å². The molecule has 1 unspecified atom stereocenters. The van der Waals surface area contributed by atoms with E-state index in [9.17, 15) is 9.90 Å². The molecule has 1 aliphatic carbocycles. The molecule has 1 aromatic heterocycles. The van der Waals surface area contributed by atoms with Crippen LogP contribution in [0.5, 0.6) is 0 Å². The summed E-state index contributed by atoms with van der Waals surface area (Å²) in [6, 6.07) is 3.61. The first-order valence-corrected chi connectivity index (χ1v) is 7.49. The van der Waals surface area contributed by atoms with Crippen molar-refractivity contribution in [1.82, 2.24) is 0 Å². The molecule has 1 fully saturated rings. The molecule has 2 rings (SSSR count). The van der Waals surface area contributed by atoms with Crippen LogP contribution in [-0.2, 0) is 4.74 Å². The van der Waals surface area contributed by atoms with E-state index in [1.807, 2.05) is 6.07 Å². The second-order valence-corrected chi connectivity index (χ2v) is 5.88. The number of rotatable bonds is 4. The molecule has 4 heteroatoms. The average molecular weight is 268 g/mol. The summed E-state index contributed by atoms with van der Waals surface area (Å²) >= 11 is 1.36. The Hall–Kier alpha value is -0.870. The Morgan fingerprint density at radius 2 is 2.17 bits per heavy atom. The van der Waals surface area contributed by atoms with Gasteiger partial charge in [-0.3, -0.25) is 0 Å². The second kappa shape index (κ2) is 6.34. The van der Waals surface area contributed by atoms with Crippen molar-refractivity contribution >= 4 is 17.3 Å². The van der Waals surface area contributed by atoms with Gasteiger partial charge >= 0.3 is 5.97 Å². The maximum absolute atomic E-state index is 11.6. The smallest absolute Gasteiger partial charge is 0.348 e. The zero-order valence-electron chi connectivity index (χ0n) is 10.7. The van der Waals surface area contributed by atoms with E-state index in [2.05, 4.69) is 0 Å². The molecule has 1 heterocycles. The van der Waals surface area contributed by atoms with Gasteiger partial charge in [-0.05, 0) is 37.8 Å². The summed E-state index contributed by atoms with van der Waals surface area (Å²) in [5.74, 6) is 0.0667. The molecular formula is C14H20O3S. The van der Waals surface area contributed by atoms with Crippen LogP contribution < -0.4 is 0 Å². The van der Waals surface area contributed by atoms with Gasteiger partial charge in [0.1, 0.15) is 4.88 Å². The third-order valence-electron chi connectivity index (χ3n) is 3.49. The Morgan fingerprint density at radius 1 is 1.44 bits per heavy atom. The van der Waals surface area contributed by atoms with E-state index < -0.39 is 6.10 Å². The summed E-state index contributed by atoms with van der Waals surface area (Å²) in [5, 5.41) is 10.3. The first kappa shape index (κ1) is 13.6. The lowest BCUT2D eigenvalue weighted by atomic mass is 9.85. The fourth-order valence-corrected chi connectivity index (χ4v) is 3.49. The standard InChI is InChI=1S/C14H20O3S/c1-2-17-14(16)12-9-8-11(18-12)13(15)10-6-4-3-5-7-10/h8-10,13,15H,2-7H2,1H3. The van der Waals surface area contributed by atoms with Gasteiger partial charge < -0.3 is 9.84 Å². The molecule has 0 bridgehead atoms. The van der Waals surface area contributed by atoms with E-state index in [-0.39, 0.29) is 5.97 Å². The number of hydrogen-bond acceptors (Lipinski definition) is 4. The molecule has 100 valence electrons. The Labute approximate surface area is 112 Å². The van der Waals surface area contributed by atoms with Gasteiger partial charge in [-0.1, -0.05) is 19.3 Å². The Balaban J connectivity index is 2.02. The third kappa shape index (κ3) is 3.12. The summed E-state index contributed by atoms with van der Waals surface area (Å²) in [4.78, 5) is 13.0. The monoisotopic (exact) mass is 268 g/mol. The summed E-state index contributed by atoms with van der Waals surface area (Å²) < 4.78 is 4.96. The fourth-order valence-electron chi connectivity index (χ4n) is 2.51. The predicted molar refractivity (Wildman–Crippen MR) is 71.8 cm³/mol. The molecule has 3 nitrogen and oxygen atoms in total. The highest BCUT2D eigenvalue weighted by molar-refractivity contribution is 7.14. The van der Waals surface area contributed by atoms with Crippen LogP contribution in [0.15, 0.2) is 12.1 Å². The molecule has 0 spiro atoms. The lowest BCUT2D eigenvalue weighted by molar-refractivity contribution is 0.0532. The number of aliphatic hydroxyl groups is 1. The quantitative estimate of drug-likeness (QED) is 0.850. The highest BCUT2D eigenvalue weighted by Crippen LogP contribution is 2.37. The second-order valence-electron chi connectivity index (χ2n) is 4.77. The SMILES string of the molecule is CCOC(=O)c1ccc(C(O)C2CCCCC2)s1. The highest BCUT2D eigenvalue weighted by atomic mass is 32.1. The normalized spacial score (nSPS) is 18.6. The van der Waals surface area contributed by atoms with E-state index >= 15 is 0 Å². The molecule has 18 heavy (non-hydrogen) atoms. The van der Waals surface area contributed by atoms with Crippen LogP contribution in [0.2, 0.25) is 0 Å². The van der Waals surface area contributed by atoms with E-state index in [4.69, 9.17) is 4.74 Å². The third-order valence-corrected chi connectivity index (χ3v) is 4.63. The lowest BCUT2D eigenvalue weighted by Crippen LogP contribution is -2.14. The van der Waals surface area contributed by atoms with Crippen LogP contribution >= 0.6 is 11.3 Å². The van der Waals surface area contributed by atoms with Crippen molar-refractivity contribution < 1.29 is 14.6 Å². The summed E-state index contributed by atoms with van der Waals surface area (Å²) in [5.41, 5.74) is 0. The van der Waals surface area contributed by atoms with Crippen molar-refractivity contribution in [3.8, 4) is 0 Å². The number of esters is 1. The van der Waals surface area contributed by atoms with Gasteiger partial charge in [-0.15, -0.1) is 11.3 Å². The number of thiophene rings is 1. The molecule has 1 aliphatic rings. The van der Waals surface area contributed by atoms with Gasteiger partial charge in [0.05, 0.1) is 12.7 Å². The van der Waals surface area contributed by atoms with Gasteiger partial charge in [0.2, 0.25) is 0 Å². The van der Waals surface area contributed by atoms with Crippen LogP contribution in [0.4, 0.5) is 0 Å². The molecule has 0 aromatic carbocycles. The molecule has 1 saturated carbocycles. The van der Waals surface area contributed by atoms with Crippen molar-refractivity contribution in [2.75, 3.05) is 6.61 Å². The maximum Gasteiger partial charge on any atom is 0.348 e. The zero-order chi connectivity index (χ0) is 13.0. The van der Waals surface area contributed by atoms with Crippen LogP contribution in [0.3, 0.4) is 0 Å². The summed E-state index contributed by atoms with van der Waals surface area (Å²) in [6.45, 7) is 2.18. The zero-order valence-corrected chi connectivity index (χ0v) is 11.5. The lowest BCUT2D eigenvalue weighted by Gasteiger charge is -2.25. The predicted octanol–water partition coefficient (Wildman–Crippen LogP) is 3.54. The number of hydrogen-bond donors (Lipinski definition) is 1. The maximum atomic E-state index is 11.6. The molecule has 1 atom stereocenters. The average Bonchev–Trinajstić information content (AvgIpc) is 2.89. The Kier molecular flexibility index (Phi) is 4.78. The van der Waals surface area contributed by atoms with Gasteiger partial charge in [0.25, 0.3) is 0 Å². The number of carbonyl (C=O) groups excluding carboxylic acids is 1. The number of aliphatic hydroxyl groups excluding tert-OH is 1. The van der Waals surface area contributed by atoms with Gasteiger partial charge in [-0.25, -0.2) is 4.79 Å². The van der Waals surface area contributed by atoms with Crippen molar-refractivity contribution in [3.05, 3.63) is 21.9 Å². The van der Waals surface area contributed by atoms with Crippen molar-refractivity contribution in [3.63, 3.8) is 0 Å². The molecule has 0 amide bonds. The molecule has 0 radical (unpaired) electrons. The first-order valence-electron chi connectivity index (χ1n) is 6.67. The van der Waals surface area contributed by atoms with Crippen LogP contribution in [0.25, 0.3) is 0 Å². The minimum Gasteiger partial charge on any atom is -0.462 e. The van der Waals surface area contributed by atoms with Crippen molar-refractivity contribution in [2.45, 2.75) is 45.1 Å². The Morgan fingerprint density at radius 3 is 2.83 bits per heavy atom. The van der Waals surface area contributed by atoms with Crippen molar-refractivity contribution in [2.24, 2.45) is 5.92 Å². The van der Waals surface area contributed by atoms with E-state index in [1.54, 1.807) is 13.0 Å². The largest absolute Gasteiger partial charge is 0.462 e.